The fourth-order valence-corrected chi connectivity index (χ4v) is 5.09. The lowest BCUT2D eigenvalue weighted by molar-refractivity contribution is -0.187. The van der Waals surface area contributed by atoms with E-state index < -0.39 is 53.7 Å². The van der Waals surface area contributed by atoms with Gasteiger partial charge in [-0.25, -0.2) is 0 Å². The molecule has 1 aliphatic rings. The topological polar surface area (TPSA) is 99.7 Å². The fraction of sp³-hybridized carbons (Fsp3) is 0.258. The minimum absolute atomic E-state index is 0.0110. The first-order valence-corrected chi connectivity index (χ1v) is 13.2. The molecule has 2 heterocycles. The Balaban J connectivity index is 2.06. The van der Waals surface area contributed by atoms with Crippen LogP contribution in [0, 0.1) is 5.92 Å². The number of hydrogen-bond acceptors (Lipinski definition) is 5. The minimum Gasteiger partial charge on any atom is -0.326 e. The van der Waals surface area contributed by atoms with Crippen LogP contribution >= 0.6 is 0 Å². The van der Waals surface area contributed by atoms with Crippen LogP contribution in [0.5, 0.6) is 0 Å². The van der Waals surface area contributed by atoms with Gasteiger partial charge in [-0.2, -0.15) is 13.2 Å². The molecule has 0 fully saturated rings. The second kappa shape index (κ2) is 12.0. The highest BCUT2D eigenvalue weighted by molar-refractivity contribution is 6.07. The van der Waals surface area contributed by atoms with Crippen LogP contribution in [-0.2, 0) is 20.8 Å². The van der Waals surface area contributed by atoms with Crippen LogP contribution in [0.3, 0.4) is 0 Å². The van der Waals surface area contributed by atoms with Gasteiger partial charge in [0.15, 0.2) is 5.66 Å². The summed E-state index contributed by atoms with van der Waals surface area (Å²) in [4.78, 5) is 60.3. The van der Waals surface area contributed by atoms with Crippen molar-refractivity contribution in [3.63, 3.8) is 0 Å². The number of alkyl halides is 3. The number of benzene rings is 2. The van der Waals surface area contributed by atoms with Crippen molar-refractivity contribution in [2.75, 3.05) is 0 Å². The van der Waals surface area contributed by atoms with Gasteiger partial charge in [0.2, 0.25) is 5.91 Å². The maximum atomic E-state index is 14.5. The van der Waals surface area contributed by atoms with E-state index in [0.717, 1.165) is 11.8 Å². The summed E-state index contributed by atoms with van der Waals surface area (Å²) < 4.78 is 43.4. The van der Waals surface area contributed by atoms with Crippen molar-refractivity contribution in [3.05, 3.63) is 108 Å². The second-order valence-electron chi connectivity index (χ2n) is 10.2. The number of hydrogen-bond donors (Lipinski definition) is 1. The highest BCUT2D eigenvalue weighted by atomic mass is 19.4. The molecule has 0 radical (unpaired) electrons. The van der Waals surface area contributed by atoms with E-state index in [0.29, 0.717) is 4.90 Å². The molecule has 2 atom stereocenters. The molecule has 1 N–H and O–H groups in total. The van der Waals surface area contributed by atoms with Crippen molar-refractivity contribution < 1.29 is 32.3 Å². The van der Waals surface area contributed by atoms with Gasteiger partial charge in [0.05, 0.1) is 5.70 Å². The highest BCUT2D eigenvalue weighted by Gasteiger charge is 2.61. The standard InChI is InChI=1S/C31H29F3N4O4/c1-20(2)26-28(41)38(30(36-21(3)39,29(42)31(32,33)34)18-22-12-6-4-7-13-22)25(23-14-8-5-9-15-23)19-37(26)27(40)24-16-10-11-17-35-24/h4-17,19-20,26H,18H2,1-3H3,(H,36,39). The minimum atomic E-state index is -5.45. The largest absolute Gasteiger partial charge is 0.454 e. The Kier molecular flexibility index (Phi) is 8.60. The van der Waals surface area contributed by atoms with Gasteiger partial charge < -0.3 is 5.32 Å². The number of ketones is 1. The van der Waals surface area contributed by atoms with Gasteiger partial charge in [-0.1, -0.05) is 80.6 Å². The second-order valence-corrected chi connectivity index (χ2v) is 10.2. The Morgan fingerprint density at radius 2 is 1.52 bits per heavy atom. The Morgan fingerprint density at radius 3 is 2.05 bits per heavy atom. The summed E-state index contributed by atoms with van der Waals surface area (Å²) >= 11 is 0. The molecule has 0 spiro atoms. The number of nitrogens with zero attached hydrogens (tertiary/aromatic N) is 3. The number of halogens is 3. The summed E-state index contributed by atoms with van der Waals surface area (Å²) in [7, 11) is 0. The van der Waals surface area contributed by atoms with Gasteiger partial charge >= 0.3 is 6.18 Å². The van der Waals surface area contributed by atoms with Gasteiger partial charge in [-0.3, -0.25) is 34.0 Å². The molecule has 8 nitrogen and oxygen atoms in total. The van der Waals surface area contributed by atoms with Crippen LogP contribution in [-0.4, -0.2) is 56.2 Å². The van der Waals surface area contributed by atoms with E-state index >= 15 is 0 Å². The van der Waals surface area contributed by atoms with E-state index in [1.54, 1.807) is 62.4 Å². The normalized spacial score (nSPS) is 17.0. The smallest absolute Gasteiger partial charge is 0.326 e. The maximum absolute atomic E-state index is 14.5. The average Bonchev–Trinajstić information content (AvgIpc) is 2.96. The van der Waals surface area contributed by atoms with Crippen LogP contribution in [0.25, 0.3) is 5.70 Å². The Hall–Kier alpha value is -4.80. The molecule has 3 amide bonds. The Labute approximate surface area is 240 Å². The van der Waals surface area contributed by atoms with E-state index in [1.807, 2.05) is 0 Å². The molecular formula is C31H29F3N4O4. The molecule has 4 rings (SSSR count). The SMILES string of the molecule is CC(=O)NC(Cc1ccccc1)(C(=O)C(F)(F)F)N1C(=O)C(C(C)C)N(C(=O)c2ccccn2)C=C1c1ccccc1. The van der Waals surface area contributed by atoms with Gasteiger partial charge in [0.1, 0.15) is 11.7 Å². The molecule has 218 valence electrons. The summed E-state index contributed by atoms with van der Waals surface area (Å²) in [5.74, 6) is -5.55. The van der Waals surface area contributed by atoms with Gasteiger partial charge in [-0.05, 0) is 29.2 Å². The van der Waals surface area contributed by atoms with Crippen LogP contribution in [0.4, 0.5) is 13.2 Å². The summed E-state index contributed by atoms with van der Waals surface area (Å²) in [5.41, 5.74) is -2.58. The maximum Gasteiger partial charge on any atom is 0.454 e. The van der Waals surface area contributed by atoms with E-state index in [9.17, 15) is 32.3 Å². The Bertz CT molecular complexity index is 1490. The van der Waals surface area contributed by atoms with Crippen molar-refractivity contribution >= 4 is 29.2 Å². The number of rotatable bonds is 8. The number of pyridine rings is 1. The van der Waals surface area contributed by atoms with Crippen molar-refractivity contribution in [3.8, 4) is 0 Å². The molecule has 0 aliphatic carbocycles. The van der Waals surface area contributed by atoms with Crippen LogP contribution in [0.2, 0.25) is 0 Å². The summed E-state index contributed by atoms with van der Waals surface area (Å²) in [6.07, 6.45) is -3.49. The molecule has 2 aromatic carbocycles. The molecule has 1 aromatic heterocycles. The molecular weight excluding hydrogens is 549 g/mol. The zero-order valence-corrected chi connectivity index (χ0v) is 23.1. The first-order valence-electron chi connectivity index (χ1n) is 13.2. The highest BCUT2D eigenvalue weighted by Crippen LogP contribution is 2.40. The first kappa shape index (κ1) is 30.2. The monoisotopic (exact) mass is 578 g/mol. The van der Waals surface area contributed by atoms with Crippen LogP contribution in [0.1, 0.15) is 42.4 Å². The van der Waals surface area contributed by atoms with Gasteiger partial charge in [0, 0.05) is 25.7 Å². The number of aromatic nitrogens is 1. The third kappa shape index (κ3) is 5.95. The first-order chi connectivity index (χ1) is 19.9. The zero-order valence-electron chi connectivity index (χ0n) is 23.1. The fourth-order valence-electron chi connectivity index (χ4n) is 5.09. The molecule has 0 bridgehead atoms. The Morgan fingerprint density at radius 1 is 0.929 bits per heavy atom. The van der Waals surface area contributed by atoms with Gasteiger partial charge in [0.25, 0.3) is 17.6 Å². The molecule has 0 saturated carbocycles. The zero-order chi connectivity index (χ0) is 30.7. The van der Waals surface area contributed by atoms with E-state index in [4.69, 9.17) is 0 Å². The lowest BCUT2D eigenvalue weighted by Gasteiger charge is -2.49. The number of carbonyl (C=O) groups is 4. The van der Waals surface area contributed by atoms with Crippen molar-refractivity contribution in [1.29, 1.82) is 0 Å². The number of nitrogens with one attached hydrogen (secondary N) is 1. The van der Waals surface area contributed by atoms with Crippen molar-refractivity contribution in [2.45, 2.75) is 45.1 Å². The summed E-state index contributed by atoms with van der Waals surface area (Å²) in [6, 6.07) is 19.0. The number of amides is 3. The molecule has 0 saturated heterocycles. The van der Waals surface area contributed by atoms with E-state index in [2.05, 4.69) is 10.3 Å². The third-order valence-electron chi connectivity index (χ3n) is 6.80. The van der Waals surface area contributed by atoms with Crippen LogP contribution in [0.15, 0.2) is 91.3 Å². The molecule has 3 aromatic rings. The van der Waals surface area contributed by atoms with Crippen LogP contribution < -0.4 is 5.32 Å². The lowest BCUT2D eigenvalue weighted by Crippen LogP contribution is -2.73. The van der Waals surface area contributed by atoms with E-state index in [1.165, 1.54) is 42.7 Å². The number of carbonyl (C=O) groups excluding carboxylic acids is 4. The lowest BCUT2D eigenvalue weighted by atomic mass is 9.87. The van der Waals surface area contributed by atoms with E-state index in [-0.39, 0.29) is 22.5 Å². The quantitative estimate of drug-likeness (QED) is 0.422. The summed E-state index contributed by atoms with van der Waals surface area (Å²) in [6.45, 7) is 4.23. The molecule has 42 heavy (non-hydrogen) atoms. The van der Waals surface area contributed by atoms with Crippen molar-refractivity contribution in [1.82, 2.24) is 20.1 Å². The van der Waals surface area contributed by atoms with Crippen molar-refractivity contribution in [2.24, 2.45) is 5.92 Å². The molecule has 2 unspecified atom stereocenters. The molecule has 11 heteroatoms. The predicted octanol–water partition coefficient (Wildman–Crippen LogP) is 4.60. The van der Waals surface area contributed by atoms with Gasteiger partial charge in [-0.15, -0.1) is 0 Å². The number of Topliss-reactive ketones (excluding diaryl/α,β-unsaturated/α-hetero) is 1. The average molecular weight is 579 g/mol. The molecule has 1 aliphatic heterocycles. The predicted molar refractivity (Wildman–Crippen MR) is 148 cm³/mol. The summed E-state index contributed by atoms with van der Waals surface area (Å²) in [5, 5.41) is 2.22. The third-order valence-corrected chi connectivity index (χ3v) is 6.80.